The lowest BCUT2D eigenvalue weighted by molar-refractivity contribution is -0.121. The summed E-state index contributed by atoms with van der Waals surface area (Å²) in [5.41, 5.74) is 0.869. The third kappa shape index (κ3) is 5.64. The van der Waals surface area contributed by atoms with E-state index in [4.69, 9.17) is 16.3 Å². The van der Waals surface area contributed by atoms with E-state index in [9.17, 15) is 4.79 Å². The maximum absolute atomic E-state index is 11.9. The molecule has 0 spiro atoms. The maximum atomic E-state index is 11.9. The predicted molar refractivity (Wildman–Crippen MR) is 105 cm³/mol. The lowest BCUT2D eigenvalue weighted by Crippen LogP contribution is -2.24. The molecule has 2 aromatic rings. The normalized spacial score (nSPS) is 10.4. The maximum Gasteiger partial charge on any atom is 0.220 e. The molecule has 6 nitrogen and oxygen atoms in total. The van der Waals surface area contributed by atoms with Crippen LogP contribution in [0.25, 0.3) is 5.69 Å². The van der Waals surface area contributed by atoms with Gasteiger partial charge in [0.25, 0.3) is 0 Å². The van der Waals surface area contributed by atoms with Crippen molar-refractivity contribution < 1.29 is 9.53 Å². The molecule has 0 aliphatic carbocycles. The summed E-state index contributed by atoms with van der Waals surface area (Å²) in [7, 11) is 1.62. The zero-order chi connectivity index (χ0) is 18.9. The zero-order valence-electron chi connectivity index (χ0n) is 14.6. The molecule has 2 rings (SSSR count). The number of benzene rings is 1. The fourth-order valence-electron chi connectivity index (χ4n) is 2.14. The average molecular weight is 393 g/mol. The van der Waals surface area contributed by atoms with Crippen molar-refractivity contribution in [3.8, 4) is 11.4 Å². The van der Waals surface area contributed by atoms with Gasteiger partial charge in [0.2, 0.25) is 5.91 Å². The number of hydrogen-bond acceptors (Lipinski definition) is 5. The highest BCUT2D eigenvalue weighted by Gasteiger charge is 2.15. The van der Waals surface area contributed by atoms with Gasteiger partial charge in [0.1, 0.15) is 5.75 Å². The van der Waals surface area contributed by atoms with E-state index < -0.39 is 0 Å². The van der Waals surface area contributed by atoms with Crippen LogP contribution >= 0.6 is 23.4 Å². The van der Waals surface area contributed by atoms with Crippen molar-refractivity contribution >= 4 is 29.3 Å². The second-order valence-electron chi connectivity index (χ2n) is 5.34. The number of allylic oxidation sites excluding steroid dienone is 1. The molecule has 1 aromatic heterocycles. The van der Waals surface area contributed by atoms with E-state index in [-0.39, 0.29) is 12.5 Å². The number of hydrogen-bond donors (Lipinski definition) is 1. The first kappa shape index (κ1) is 20.1. The minimum absolute atomic E-state index is 0.0579. The molecular formula is C18H21ClN4O2S. The third-order valence-electron chi connectivity index (χ3n) is 3.41. The standard InChI is InChI=1S/C18H21ClN4O2S/c1-4-5-6-17(24)20-11-16-21-22-18(26-12-13(2)19)23(16)14-7-9-15(25-3)10-8-14/h4,7-10H,1-2,5-6,11-12H2,3H3,(H,20,24). The molecule has 0 fully saturated rings. The molecule has 0 unspecified atom stereocenters. The van der Waals surface area contributed by atoms with E-state index in [1.165, 1.54) is 11.8 Å². The SMILES string of the molecule is C=CCCC(=O)NCc1nnc(SCC(=C)Cl)n1-c1ccc(OC)cc1. The highest BCUT2D eigenvalue weighted by atomic mass is 35.5. The van der Waals surface area contributed by atoms with Gasteiger partial charge in [-0.3, -0.25) is 9.36 Å². The van der Waals surface area contributed by atoms with Gasteiger partial charge in [0.15, 0.2) is 11.0 Å². The largest absolute Gasteiger partial charge is 0.497 e. The lowest BCUT2D eigenvalue weighted by Gasteiger charge is -2.11. The Hall–Kier alpha value is -2.25. The van der Waals surface area contributed by atoms with E-state index in [1.54, 1.807) is 13.2 Å². The van der Waals surface area contributed by atoms with Gasteiger partial charge >= 0.3 is 0 Å². The summed E-state index contributed by atoms with van der Waals surface area (Å²) in [6.07, 6.45) is 2.75. The van der Waals surface area contributed by atoms with Gasteiger partial charge in [0.05, 0.1) is 13.7 Å². The van der Waals surface area contributed by atoms with Gasteiger partial charge in [-0.15, -0.1) is 16.8 Å². The van der Waals surface area contributed by atoms with Gasteiger partial charge < -0.3 is 10.1 Å². The van der Waals surface area contributed by atoms with Crippen LogP contribution in [0.3, 0.4) is 0 Å². The molecule has 0 saturated carbocycles. The van der Waals surface area contributed by atoms with E-state index in [1.807, 2.05) is 28.8 Å². The topological polar surface area (TPSA) is 69.0 Å². The number of carbonyl (C=O) groups excluding carboxylic acids is 1. The van der Waals surface area contributed by atoms with Crippen LogP contribution in [0.4, 0.5) is 0 Å². The molecule has 0 aliphatic heterocycles. The molecule has 8 heteroatoms. The Morgan fingerprint density at radius 3 is 2.73 bits per heavy atom. The van der Waals surface area contributed by atoms with Crippen molar-refractivity contribution in [1.29, 1.82) is 0 Å². The Morgan fingerprint density at radius 1 is 1.38 bits per heavy atom. The third-order valence-corrected chi connectivity index (χ3v) is 4.72. The van der Waals surface area contributed by atoms with E-state index in [2.05, 4.69) is 28.7 Å². The van der Waals surface area contributed by atoms with Crippen molar-refractivity contribution in [2.75, 3.05) is 12.9 Å². The first-order valence-corrected chi connectivity index (χ1v) is 9.34. The zero-order valence-corrected chi connectivity index (χ0v) is 16.1. The van der Waals surface area contributed by atoms with Crippen molar-refractivity contribution in [2.45, 2.75) is 24.5 Å². The predicted octanol–water partition coefficient (Wildman–Crippen LogP) is 3.70. The number of carbonyl (C=O) groups is 1. The Morgan fingerprint density at radius 2 is 2.12 bits per heavy atom. The van der Waals surface area contributed by atoms with Gasteiger partial charge in [-0.25, -0.2) is 0 Å². The van der Waals surface area contributed by atoms with E-state index >= 15 is 0 Å². The summed E-state index contributed by atoms with van der Waals surface area (Å²) in [4.78, 5) is 11.9. The molecule has 1 N–H and O–H groups in total. The van der Waals surface area contributed by atoms with Crippen LogP contribution in [0, 0.1) is 0 Å². The highest BCUT2D eigenvalue weighted by Crippen LogP contribution is 2.25. The Balaban J connectivity index is 2.24. The Bertz CT molecular complexity index is 774. The molecule has 0 saturated heterocycles. The number of aromatic nitrogens is 3. The molecule has 0 atom stereocenters. The van der Waals surface area contributed by atoms with Crippen molar-refractivity contribution in [3.63, 3.8) is 0 Å². The van der Waals surface area contributed by atoms with Gasteiger partial charge in [0, 0.05) is 22.9 Å². The summed E-state index contributed by atoms with van der Waals surface area (Å²) in [5, 5.41) is 12.5. The molecule has 26 heavy (non-hydrogen) atoms. The second-order valence-corrected chi connectivity index (χ2v) is 6.82. The first-order valence-electron chi connectivity index (χ1n) is 7.97. The number of methoxy groups -OCH3 is 1. The number of thioether (sulfide) groups is 1. The van der Waals surface area contributed by atoms with Crippen LogP contribution in [-0.4, -0.2) is 33.5 Å². The minimum Gasteiger partial charge on any atom is -0.497 e. The summed E-state index contributed by atoms with van der Waals surface area (Å²) in [6, 6.07) is 7.53. The van der Waals surface area contributed by atoms with Crippen LogP contribution in [0.2, 0.25) is 0 Å². The highest BCUT2D eigenvalue weighted by molar-refractivity contribution is 7.99. The average Bonchev–Trinajstić information content (AvgIpc) is 3.05. The number of ether oxygens (including phenoxy) is 1. The van der Waals surface area contributed by atoms with Gasteiger partial charge in [-0.2, -0.15) is 0 Å². The van der Waals surface area contributed by atoms with Crippen LogP contribution in [0.5, 0.6) is 5.75 Å². The molecule has 0 radical (unpaired) electrons. The molecule has 0 bridgehead atoms. The van der Waals surface area contributed by atoms with Gasteiger partial charge in [-0.05, 0) is 30.7 Å². The quantitative estimate of drug-likeness (QED) is 0.493. The number of nitrogens with zero attached hydrogens (tertiary/aromatic N) is 3. The summed E-state index contributed by atoms with van der Waals surface area (Å²) in [6.45, 7) is 7.59. The smallest absolute Gasteiger partial charge is 0.220 e. The molecule has 1 heterocycles. The van der Waals surface area contributed by atoms with Crippen molar-refractivity contribution in [1.82, 2.24) is 20.1 Å². The fourth-order valence-corrected chi connectivity index (χ4v) is 3.03. The number of rotatable bonds is 10. The van der Waals surface area contributed by atoms with Crippen LogP contribution in [0.15, 0.2) is 53.7 Å². The van der Waals surface area contributed by atoms with E-state index in [0.29, 0.717) is 34.6 Å². The first-order chi connectivity index (χ1) is 12.5. The lowest BCUT2D eigenvalue weighted by atomic mass is 10.3. The van der Waals surface area contributed by atoms with Gasteiger partial charge in [-0.1, -0.05) is 36.0 Å². The summed E-state index contributed by atoms with van der Waals surface area (Å²) < 4.78 is 7.09. The molecule has 138 valence electrons. The molecule has 1 aromatic carbocycles. The Labute approximate surface area is 162 Å². The minimum atomic E-state index is -0.0579. The van der Waals surface area contributed by atoms with Crippen LogP contribution in [-0.2, 0) is 11.3 Å². The van der Waals surface area contributed by atoms with E-state index in [0.717, 1.165) is 11.4 Å². The summed E-state index contributed by atoms with van der Waals surface area (Å²) >= 11 is 7.30. The second kappa shape index (κ2) is 10.0. The number of nitrogens with one attached hydrogen (secondary N) is 1. The molecular weight excluding hydrogens is 372 g/mol. The monoisotopic (exact) mass is 392 g/mol. The Kier molecular flexibility index (Phi) is 7.74. The van der Waals surface area contributed by atoms with Crippen molar-refractivity contribution in [2.24, 2.45) is 0 Å². The molecule has 0 aliphatic rings. The van der Waals surface area contributed by atoms with Crippen LogP contribution in [0.1, 0.15) is 18.7 Å². The fraction of sp³-hybridized carbons (Fsp3) is 0.278. The summed E-state index contributed by atoms with van der Waals surface area (Å²) in [5.74, 6) is 1.84. The number of amides is 1. The van der Waals surface area contributed by atoms with Crippen LogP contribution < -0.4 is 10.1 Å². The number of halogens is 1. The van der Waals surface area contributed by atoms with Crippen molar-refractivity contribution in [3.05, 3.63) is 54.4 Å². The molecule has 1 amide bonds.